The number of ether oxygens (including phenoxy) is 1. The highest BCUT2D eigenvalue weighted by Crippen LogP contribution is 2.31. The first-order chi connectivity index (χ1) is 13.7. The SMILES string of the molecule is CCc1cccc2sc(N(CCN3CCOCC3)C(=O)c3ccnn3C)nc12. The van der Waals surface area contributed by atoms with Crippen LogP contribution in [0.15, 0.2) is 30.5 Å². The summed E-state index contributed by atoms with van der Waals surface area (Å²) >= 11 is 1.57. The molecule has 7 nitrogen and oxygen atoms in total. The molecule has 3 heterocycles. The average molecular weight is 400 g/mol. The number of carbonyl (C=O) groups is 1. The number of amides is 1. The number of para-hydroxylation sites is 1. The van der Waals surface area contributed by atoms with E-state index in [9.17, 15) is 4.79 Å². The molecule has 1 aromatic carbocycles. The van der Waals surface area contributed by atoms with Gasteiger partial charge in [0.25, 0.3) is 5.91 Å². The zero-order valence-electron chi connectivity index (χ0n) is 16.3. The van der Waals surface area contributed by atoms with Gasteiger partial charge in [0.05, 0.1) is 23.4 Å². The molecule has 1 aliphatic rings. The minimum Gasteiger partial charge on any atom is -0.379 e. The molecule has 0 bridgehead atoms. The van der Waals surface area contributed by atoms with E-state index in [1.54, 1.807) is 40.2 Å². The largest absolute Gasteiger partial charge is 0.379 e. The minimum atomic E-state index is -0.0645. The van der Waals surface area contributed by atoms with Crippen LogP contribution in [0.2, 0.25) is 0 Å². The van der Waals surface area contributed by atoms with Gasteiger partial charge in [0.15, 0.2) is 5.13 Å². The van der Waals surface area contributed by atoms with E-state index in [1.165, 1.54) is 5.56 Å². The Morgan fingerprint density at radius 1 is 1.29 bits per heavy atom. The topological polar surface area (TPSA) is 63.5 Å². The third-order valence-corrected chi connectivity index (χ3v) is 6.18. The first-order valence-electron chi connectivity index (χ1n) is 9.65. The first kappa shape index (κ1) is 19.0. The van der Waals surface area contributed by atoms with E-state index >= 15 is 0 Å². The van der Waals surface area contributed by atoms with Crippen molar-refractivity contribution in [2.24, 2.45) is 7.05 Å². The number of aromatic nitrogens is 3. The predicted octanol–water partition coefficient (Wildman–Crippen LogP) is 2.57. The summed E-state index contributed by atoms with van der Waals surface area (Å²) < 4.78 is 8.17. The van der Waals surface area contributed by atoms with Gasteiger partial charge in [-0.25, -0.2) is 4.98 Å². The lowest BCUT2D eigenvalue weighted by Gasteiger charge is -2.29. The molecule has 0 radical (unpaired) electrons. The molecule has 2 aromatic heterocycles. The van der Waals surface area contributed by atoms with Gasteiger partial charge in [-0.1, -0.05) is 30.4 Å². The highest BCUT2D eigenvalue weighted by molar-refractivity contribution is 7.22. The number of thiazole rings is 1. The van der Waals surface area contributed by atoms with Crippen molar-refractivity contribution in [3.8, 4) is 0 Å². The van der Waals surface area contributed by atoms with Crippen molar-refractivity contribution in [1.29, 1.82) is 0 Å². The predicted molar refractivity (Wildman–Crippen MR) is 111 cm³/mol. The number of nitrogens with zero attached hydrogens (tertiary/aromatic N) is 5. The Balaban J connectivity index is 1.65. The van der Waals surface area contributed by atoms with Crippen LogP contribution in [-0.4, -0.2) is 65.0 Å². The van der Waals surface area contributed by atoms with Crippen LogP contribution in [0.3, 0.4) is 0 Å². The van der Waals surface area contributed by atoms with Crippen molar-refractivity contribution in [2.45, 2.75) is 13.3 Å². The normalized spacial score (nSPS) is 15.2. The van der Waals surface area contributed by atoms with E-state index in [0.29, 0.717) is 12.2 Å². The molecule has 3 aromatic rings. The Labute approximate surface area is 168 Å². The Morgan fingerprint density at radius 3 is 2.82 bits per heavy atom. The van der Waals surface area contributed by atoms with E-state index in [-0.39, 0.29) is 5.91 Å². The molecule has 0 atom stereocenters. The van der Waals surface area contributed by atoms with Crippen LogP contribution in [0.25, 0.3) is 10.2 Å². The van der Waals surface area contributed by atoms with E-state index in [2.05, 4.69) is 35.1 Å². The standard InChI is InChI=1S/C20H25N5O2S/c1-3-15-5-4-6-17-18(15)22-20(28-17)25(10-9-24-11-13-27-14-12-24)19(26)16-7-8-21-23(16)2/h4-8H,3,9-14H2,1-2H3. The lowest BCUT2D eigenvalue weighted by atomic mass is 10.1. The number of rotatable bonds is 6. The number of aryl methyl sites for hydroxylation is 2. The molecule has 0 unspecified atom stereocenters. The van der Waals surface area contributed by atoms with Crippen molar-refractivity contribution in [1.82, 2.24) is 19.7 Å². The Kier molecular flexibility index (Phi) is 5.70. The number of benzene rings is 1. The summed E-state index contributed by atoms with van der Waals surface area (Å²) in [6, 6.07) is 8.00. The molecule has 8 heteroatoms. The molecule has 0 aliphatic carbocycles. The lowest BCUT2D eigenvalue weighted by Crippen LogP contribution is -2.43. The highest BCUT2D eigenvalue weighted by Gasteiger charge is 2.25. The molecule has 1 aliphatic heterocycles. The van der Waals surface area contributed by atoms with Gasteiger partial charge in [-0.3, -0.25) is 19.3 Å². The van der Waals surface area contributed by atoms with Crippen LogP contribution < -0.4 is 4.90 Å². The molecule has 0 N–H and O–H groups in total. The fraction of sp³-hybridized carbons (Fsp3) is 0.450. The molecular formula is C20H25N5O2S. The van der Waals surface area contributed by atoms with E-state index in [0.717, 1.165) is 54.6 Å². The Morgan fingerprint density at radius 2 is 2.11 bits per heavy atom. The zero-order chi connectivity index (χ0) is 19.5. The van der Waals surface area contributed by atoms with Gasteiger partial charge >= 0.3 is 0 Å². The summed E-state index contributed by atoms with van der Waals surface area (Å²) in [5.41, 5.74) is 2.78. The Hall–Kier alpha value is -2.29. The number of anilines is 1. The van der Waals surface area contributed by atoms with Crippen LogP contribution in [0.4, 0.5) is 5.13 Å². The molecule has 28 heavy (non-hydrogen) atoms. The maximum atomic E-state index is 13.3. The van der Waals surface area contributed by atoms with Gasteiger partial charge in [-0.2, -0.15) is 5.10 Å². The smallest absolute Gasteiger partial charge is 0.278 e. The summed E-state index contributed by atoms with van der Waals surface area (Å²) in [4.78, 5) is 22.3. The van der Waals surface area contributed by atoms with Crippen LogP contribution >= 0.6 is 11.3 Å². The van der Waals surface area contributed by atoms with Gasteiger partial charge in [0.2, 0.25) is 0 Å². The fourth-order valence-electron chi connectivity index (χ4n) is 3.47. The molecule has 1 fully saturated rings. The minimum absolute atomic E-state index is 0.0645. The van der Waals surface area contributed by atoms with Gasteiger partial charge in [-0.15, -0.1) is 0 Å². The second-order valence-corrected chi connectivity index (χ2v) is 7.87. The van der Waals surface area contributed by atoms with Gasteiger partial charge < -0.3 is 4.74 Å². The molecule has 0 spiro atoms. The number of morpholine rings is 1. The fourth-order valence-corrected chi connectivity index (χ4v) is 4.50. The maximum absolute atomic E-state index is 13.3. The van der Waals surface area contributed by atoms with Crippen molar-refractivity contribution >= 4 is 32.6 Å². The number of hydrogen-bond donors (Lipinski definition) is 0. The van der Waals surface area contributed by atoms with Crippen LogP contribution in [0.5, 0.6) is 0 Å². The molecule has 0 saturated carbocycles. The average Bonchev–Trinajstić information content (AvgIpc) is 3.34. The second kappa shape index (κ2) is 8.38. The summed E-state index contributed by atoms with van der Waals surface area (Å²) in [7, 11) is 1.79. The number of hydrogen-bond acceptors (Lipinski definition) is 6. The zero-order valence-corrected chi connectivity index (χ0v) is 17.1. The third-order valence-electron chi connectivity index (χ3n) is 5.13. The maximum Gasteiger partial charge on any atom is 0.278 e. The lowest BCUT2D eigenvalue weighted by molar-refractivity contribution is 0.0391. The van der Waals surface area contributed by atoms with Crippen molar-refractivity contribution in [3.05, 3.63) is 41.7 Å². The third kappa shape index (κ3) is 3.80. The highest BCUT2D eigenvalue weighted by atomic mass is 32.1. The van der Waals surface area contributed by atoms with Crippen LogP contribution in [-0.2, 0) is 18.2 Å². The summed E-state index contributed by atoms with van der Waals surface area (Å²) in [6.45, 7) is 6.80. The molecule has 148 valence electrons. The summed E-state index contributed by atoms with van der Waals surface area (Å²) in [5.74, 6) is -0.0645. The van der Waals surface area contributed by atoms with Crippen molar-refractivity contribution in [3.63, 3.8) is 0 Å². The molecule has 1 saturated heterocycles. The van der Waals surface area contributed by atoms with Crippen LogP contribution in [0, 0.1) is 0 Å². The number of carbonyl (C=O) groups excluding carboxylic acids is 1. The van der Waals surface area contributed by atoms with E-state index in [4.69, 9.17) is 9.72 Å². The van der Waals surface area contributed by atoms with Crippen LogP contribution in [0.1, 0.15) is 23.0 Å². The molecular weight excluding hydrogens is 374 g/mol. The van der Waals surface area contributed by atoms with Gasteiger partial charge in [-0.05, 0) is 24.1 Å². The van der Waals surface area contributed by atoms with Crippen molar-refractivity contribution in [2.75, 3.05) is 44.3 Å². The van der Waals surface area contributed by atoms with Crippen molar-refractivity contribution < 1.29 is 9.53 Å². The first-order valence-corrected chi connectivity index (χ1v) is 10.5. The van der Waals surface area contributed by atoms with E-state index in [1.807, 2.05) is 0 Å². The summed E-state index contributed by atoms with van der Waals surface area (Å²) in [6.07, 6.45) is 2.57. The Bertz CT molecular complexity index is 961. The monoisotopic (exact) mass is 399 g/mol. The quantitative estimate of drug-likeness (QED) is 0.638. The van der Waals surface area contributed by atoms with E-state index < -0.39 is 0 Å². The molecule has 4 rings (SSSR count). The van der Waals surface area contributed by atoms with Gasteiger partial charge in [0, 0.05) is 39.4 Å². The van der Waals surface area contributed by atoms with Gasteiger partial charge in [0.1, 0.15) is 5.69 Å². The molecule has 1 amide bonds. The number of fused-ring (bicyclic) bond motifs is 1. The summed E-state index contributed by atoms with van der Waals surface area (Å²) in [5, 5.41) is 4.90. The second-order valence-electron chi connectivity index (χ2n) is 6.86.